The molecule has 2 aromatic rings. The number of rotatable bonds is 9. The average molecular weight is 453 g/mol. The second-order valence-corrected chi connectivity index (χ2v) is 8.42. The van der Waals surface area contributed by atoms with E-state index in [9.17, 15) is 9.59 Å². The van der Waals surface area contributed by atoms with E-state index < -0.39 is 5.25 Å². The predicted octanol–water partition coefficient (Wildman–Crippen LogP) is 4.60. The Morgan fingerprint density at radius 3 is 2.59 bits per heavy atom. The molecule has 0 bridgehead atoms. The standard InChI is InChI=1S/C24H28N4O3S/c1-3-5-11-20(17-9-7-6-8-10-17)27-28-24-26-22(29)16-21(32-24)23(30)25-18-12-14-19(15-13-18)31-4-2/h6-10,12-15,21H,3-5,11,16H2,1-2H3,(H,25,30)(H,26,28,29)/b27-20-. The van der Waals surface area contributed by atoms with Gasteiger partial charge < -0.3 is 15.4 Å². The third-order valence-corrected chi connectivity index (χ3v) is 5.80. The van der Waals surface area contributed by atoms with Crippen LogP contribution < -0.4 is 15.4 Å². The molecule has 0 radical (unpaired) electrons. The lowest BCUT2D eigenvalue weighted by atomic mass is 10.1. The zero-order valence-corrected chi connectivity index (χ0v) is 19.2. The van der Waals surface area contributed by atoms with Crippen LogP contribution in [-0.2, 0) is 9.59 Å². The Bertz CT molecular complexity index is 974. The van der Waals surface area contributed by atoms with Crippen LogP contribution in [0.15, 0.2) is 64.8 Å². The minimum atomic E-state index is -0.583. The lowest BCUT2D eigenvalue weighted by Crippen LogP contribution is -2.41. The van der Waals surface area contributed by atoms with Gasteiger partial charge in [-0.1, -0.05) is 55.4 Å². The molecule has 1 fully saturated rings. The molecule has 1 aliphatic heterocycles. The van der Waals surface area contributed by atoms with E-state index in [-0.39, 0.29) is 18.2 Å². The molecule has 7 nitrogen and oxygen atoms in total. The van der Waals surface area contributed by atoms with Crippen LogP contribution in [0.25, 0.3) is 0 Å². The van der Waals surface area contributed by atoms with Crippen LogP contribution in [0.1, 0.15) is 45.1 Å². The van der Waals surface area contributed by atoms with Gasteiger partial charge >= 0.3 is 0 Å². The first-order chi connectivity index (χ1) is 15.6. The van der Waals surface area contributed by atoms with Crippen LogP contribution >= 0.6 is 11.8 Å². The van der Waals surface area contributed by atoms with Crippen molar-refractivity contribution in [1.29, 1.82) is 0 Å². The Morgan fingerprint density at radius 1 is 1.16 bits per heavy atom. The van der Waals surface area contributed by atoms with Gasteiger partial charge in [-0.2, -0.15) is 5.10 Å². The van der Waals surface area contributed by atoms with Crippen LogP contribution in [0.2, 0.25) is 0 Å². The molecule has 1 aliphatic rings. The minimum Gasteiger partial charge on any atom is -0.494 e. The molecule has 8 heteroatoms. The van der Waals surface area contributed by atoms with Crippen LogP contribution in [0.4, 0.5) is 5.69 Å². The number of nitrogens with one attached hydrogen (secondary N) is 2. The first-order valence-electron chi connectivity index (χ1n) is 10.8. The van der Waals surface area contributed by atoms with Gasteiger partial charge in [0.05, 0.1) is 12.3 Å². The van der Waals surface area contributed by atoms with Crippen molar-refractivity contribution in [2.75, 3.05) is 11.9 Å². The number of hydrogen-bond donors (Lipinski definition) is 2. The number of benzene rings is 2. The van der Waals surface area contributed by atoms with E-state index in [0.29, 0.717) is 17.5 Å². The molecular formula is C24H28N4O3S. The number of anilines is 1. The molecule has 1 heterocycles. The van der Waals surface area contributed by atoms with Gasteiger partial charge in [-0.05, 0) is 49.6 Å². The third kappa shape index (κ3) is 6.95. The number of thioether (sulfide) groups is 1. The SMILES string of the molecule is CCCC/C(=N/N=C1\NC(=O)CC(C(=O)Nc2ccc(OCC)cc2)S1)c1ccccc1. The van der Waals surface area contributed by atoms with Crippen molar-refractivity contribution in [3.63, 3.8) is 0 Å². The van der Waals surface area contributed by atoms with Crippen LogP contribution in [0.5, 0.6) is 5.75 Å². The molecule has 1 unspecified atom stereocenters. The lowest BCUT2D eigenvalue weighted by molar-refractivity contribution is -0.123. The minimum absolute atomic E-state index is 0.0810. The molecule has 2 N–H and O–H groups in total. The van der Waals surface area contributed by atoms with E-state index in [1.54, 1.807) is 24.3 Å². The van der Waals surface area contributed by atoms with Gasteiger partial charge in [0, 0.05) is 12.1 Å². The fourth-order valence-electron chi connectivity index (χ4n) is 3.10. The first-order valence-corrected chi connectivity index (χ1v) is 11.7. The summed E-state index contributed by atoms with van der Waals surface area (Å²) in [6.07, 6.45) is 2.90. The summed E-state index contributed by atoms with van der Waals surface area (Å²) >= 11 is 1.21. The molecule has 0 aliphatic carbocycles. The fraction of sp³-hybridized carbons (Fsp3) is 0.333. The second-order valence-electron chi connectivity index (χ2n) is 7.23. The highest BCUT2D eigenvalue weighted by Crippen LogP contribution is 2.23. The van der Waals surface area contributed by atoms with E-state index in [1.807, 2.05) is 37.3 Å². The molecule has 0 aromatic heterocycles. The summed E-state index contributed by atoms with van der Waals surface area (Å²) in [6, 6.07) is 17.0. The highest BCUT2D eigenvalue weighted by atomic mass is 32.2. The van der Waals surface area contributed by atoms with Gasteiger partial charge in [-0.25, -0.2) is 0 Å². The second kappa shape index (κ2) is 12.0. The van der Waals surface area contributed by atoms with Gasteiger partial charge in [0.1, 0.15) is 11.0 Å². The number of unbranched alkanes of at least 4 members (excludes halogenated alkanes) is 1. The Labute approximate surface area is 192 Å². The maximum Gasteiger partial charge on any atom is 0.238 e. The topological polar surface area (TPSA) is 92.2 Å². The van der Waals surface area contributed by atoms with Crippen molar-refractivity contribution in [2.24, 2.45) is 10.2 Å². The van der Waals surface area contributed by atoms with Crippen molar-refractivity contribution in [3.05, 3.63) is 60.2 Å². The number of nitrogens with zero attached hydrogens (tertiary/aromatic N) is 2. The van der Waals surface area contributed by atoms with E-state index in [4.69, 9.17) is 4.74 Å². The van der Waals surface area contributed by atoms with Crippen LogP contribution in [0, 0.1) is 0 Å². The van der Waals surface area contributed by atoms with Crippen molar-refractivity contribution in [3.8, 4) is 5.75 Å². The molecule has 0 spiro atoms. The van der Waals surface area contributed by atoms with Gasteiger partial charge in [-0.15, -0.1) is 5.10 Å². The molecule has 1 saturated heterocycles. The van der Waals surface area contributed by atoms with Gasteiger partial charge in [0.15, 0.2) is 5.17 Å². The Balaban J connectivity index is 1.70. The quantitative estimate of drug-likeness (QED) is 0.430. The average Bonchev–Trinajstić information content (AvgIpc) is 2.81. The summed E-state index contributed by atoms with van der Waals surface area (Å²) in [7, 11) is 0. The maximum atomic E-state index is 12.7. The summed E-state index contributed by atoms with van der Waals surface area (Å²) < 4.78 is 5.41. The summed E-state index contributed by atoms with van der Waals surface area (Å²) in [6.45, 7) is 4.62. The normalized spacial score (nSPS) is 17.7. The first kappa shape index (κ1) is 23.5. The van der Waals surface area contributed by atoms with E-state index in [2.05, 4.69) is 27.8 Å². The molecule has 2 amide bonds. The largest absolute Gasteiger partial charge is 0.494 e. The number of ether oxygens (including phenoxy) is 1. The molecule has 1 atom stereocenters. The zero-order valence-electron chi connectivity index (χ0n) is 18.3. The third-order valence-electron chi connectivity index (χ3n) is 4.73. The fourth-order valence-corrected chi connectivity index (χ4v) is 4.03. The highest BCUT2D eigenvalue weighted by Gasteiger charge is 2.30. The number of amidine groups is 1. The van der Waals surface area contributed by atoms with Gasteiger partial charge in [0.25, 0.3) is 0 Å². The summed E-state index contributed by atoms with van der Waals surface area (Å²) in [5.41, 5.74) is 2.51. The van der Waals surface area contributed by atoms with Crippen molar-refractivity contribution in [2.45, 2.75) is 44.8 Å². The van der Waals surface area contributed by atoms with E-state index in [0.717, 1.165) is 36.3 Å². The smallest absolute Gasteiger partial charge is 0.238 e. The van der Waals surface area contributed by atoms with Crippen molar-refractivity contribution < 1.29 is 14.3 Å². The Hall–Kier alpha value is -3.13. The number of carbonyl (C=O) groups excluding carboxylic acids is 2. The zero-order chi connectivity index (χ0) is 22.8. The summed E-state index contributed by atoms with van der Waals surface area (Å²) in [5, 5.41) is 14.0. The van der Waals surface area contributed by atoms with Crippen LogP contribution in [0.3, 0.4) is 0 Å². The number of amides is 2. The van der Waals surface area contributed by atoms with Gasteiger partial charge in [0.2, 0.25) is 11.8 Å². The predicted molar refractivity (Wildman–Crippen MR) is 130 cm³/mol. The van der Waals surface area contributed by atoms with Crippen molar-refractivity contribution >= 4 is 40.1 Å². The van der Waals surface area contributed by atoms with Crippen LogP contribution in [-0.4, -0.2) is 34.6 Å². The molecule has 2 aromatic carbocycles. The summed E-state index contributed by atoms with van der Waals surface area (Å²) in [4.78, 5) is 24.9. The maximum absolute atomic E-state index is 12.7. The molecule has 3 rings (SSSR count). The molecular weight excluding hydrogens is 424 g/mol. The lowest BCUT2D eigenvalue weighted by Gasteiger charge is -2.21. The van der Waals surface area contributed by atoms with E-state index >= 15 is 0 Å². The number of carbonyl (C=O) groups is 2. The summed E-state index contributed by atoms with van der Waals surface area (Å²) in [5.74, 6) is 0.237. The van der Waals surface area contributed by atoms with E-state index in [1.165, 1.54) is 11.8 Å². The monoisotopic (exact) mass is 452 g/mol. The molecule has 32 heavy (non-hydrogen) atoms. The van der Waals surface area contributed by atoms with Gasteiger partial charge in [-0.3, -0.25) is 9.59 Å². The molecule has 0 saturated carbocycles. The molecule has 168 valence electrons. The Kier molecular flexibility index (Phi) is 8.86. The van der Waals surface area contributed by atoms with Crippen molar-refractivity contribution in [1.82, 2.24) is 5.32 Å². The number of hydrogen-bond acceptors (Lipinski definition) is 6. The Morgan fingerprint density at radius 2 is 1.91 bits per heavy atom. The highest BCUT2D eigenvalue weighted by molar-refractivity contribution is 8.15.